The van der Waals surface area contributed by atoms with Crippen LogP contribution < -0.4 is 5.32 Å². The van der Waals surface area contributed by atoms with Gasteiger partial charge in [-0.05, 0) is 55.4 Å². The van der Waals surface area contributed by atoms with E-state index in [1.54, 1.807) is 0 Å². The summed E-state index contributed by atoms with van der Waals surface area (Å²) in [6.45, 7) is 4.05. The summed E-state index contributed by atoms with van der Waals surface area (Å²) in [6, 6.07) is 3.87. The van der Waals surface area contributed by atoms with Gasteiger partial charge in [0.25, 0.3) is 0 Å². The number of nitrogens with zero attached hydrogens (tertiary/aromatic N) is 1. The van der Waals surface area contributed by atoms with Crippen molar-refractivity contribution < 1.29 is 14.4 Å². The first-order valence-corrected chi connectivity index (χ1v) is 9.76. The van der Waals surface area contributed by atoms with E-state index in [-0.39, 0.29) is 54.4 Å². The van der Waals surface area contributed by atoms with Gasteiger partial charge in [0.15, 0.2) is 0 Å². The maximum Gasteiger partial charge on any atom is 0.233 e. The molecule has 3 aliphatic rings. The number of hydrogen-bond acceptors (Lipinski definition) is 3. The maximum absolute atomic E-state index is 12.6. The molecular weight excluding hydrogens is 396 g/mol. The maximum atomic E-state index is 12.6. The van der Waals surface area contributed by atoms with Crippen molar-refractivity contribution in [2.45, 2.75) is 26.7 Å². The van der Waals surface area contributed by atoms with Crippen molar-refractivity contribution in [3.63, 3.8) is 0 Å². The molecule has 3 amide bonds. The Morgan fingerprint density at radius 3 is 2.35 bits per heavy atom. The van der Waals surface area contributed by atoms with Gasteiger partial charge in [-0.1, -0.05) is 28.1 Å². The zero-order valence-electron chi connectivity index (χ0n) is 14.8. The fourth-order valence-corrected chi connectivity index (χ4v) is 4.98. The van der Waals surface area contributed by atoms with E-state index in [1.165, 1.54) is 4.90 Å². The summed E-state index contributed by atoms with van der Waals surface area (Å²) in [7, 11) is 0. The number of amides is 3. The van der Waals surface area contributed by atoms with E-state index in [0.717, 1.165) is 27.7 Å². The fraction of sp³-hybridized carbons (Fsp3) is 0.450. The van der Waals surface area contributed by atoms with Gasteiger partial charge in [-0.25, -0.2) is 0 Å². The molecule has 1 heterocycles. The number of fused-ring (bicyclic) bond motifs is 5. The summed E-state index contributed by atoms with van der Waals surface area (Å²) in [5.74, 6) is -0.370. The van der Waals surface area contributed by atoms with Gasteiger partial charge in [0.2, 0.25) is 17.7 Å². The first-order valence-electron chi connectivity index (χ1n) is 8.97. The van der Waals surface area contributed by atoms with E-state index < -0.39 is 0 Å². The average Bonchev–Trinajstić information content (AvgIpc) is 3.26. The molecule has 0 spiro atoms. The molecule has 1 aliphatic heterocycles. The molecule has 1 aromatic carbocycles. The number of rotatable bonds is 4. The first-order chi connectivity index (χ1) is 12.4. The quantitative estimate of drug-likeness (QED) is 0.605. The van der Waals surface area contributed by atoms with Crippen LogP contribution >= 0.6 is 15.9 Å². The highest BCUT2D eigenvalue weighted by atomic mass is 79.9. The molecule has 136 valence electrons. The Morgan fingerprint density at radius 2 is 1.73 bits per heavy atom. The van der Waals surface area contributed by atoms with Crippen LogP contribution in [-0.2, 0) is 14.4 Å². The molecule has 1 saturated carbocycles. The van der Waals surface area contributed by atoms with Crippen LogP contribution in [0.4, 0.5) is 5.69 Å². The van der Waals surface area contributed by atoms with Crippen LogP contribution in [0.5, 0.6) is 0 Å². The number of anilines is 1. The number of benzene rings is 1. The lowest BCUT2D eigenvalue weighted by atomic mass is 9.85. The van der Waals surface area contributed by atoms with Crippen molar-refractivity contribution in [1.82, 2.24) is 4.90 Å². The molecular formula is C20H21BrN2O3. The molecule has 4 unspecified atom stereocenters. The van der Waals surface area contributed by atoms with Gasteiger partial charge in [-0.15, -0.1) is 0 Å². The summed E-state index contributed by atoms with van der Waals surface area (Å²) in [4.78, 5) is 38.9. The van der Waals surface area contributed by atoms with Gasteiger partial charge in [0.05, 0.1) is 11.8 Å². The van der Waals surface area contributed by atoms with Gasteiger partial charge in [0, 0.05) is 23.1 Å². The molecule has 26 heavy (non-hydrogen) atoms. The second-order valence-corrected chi connectivity index (χ2v) is 8.40. The number of allylic oxidation sites excluding steroid dienone is 2. The second-order valence-electron chi connectivity index (χ2n) is 7.54. The summed E-state index contributed by atoms with van der Waals surface area (Å²) in [5, 5.41) is 2.89. The van der Waals surface area contributed by atoms with Crippen LogP contribution in [0.3, 0.4) is 0 Å². The Labute approximate surface area is 160 Å². The molecule has 2 bridgehead atoms. The Hall–Kier alpha value is -1.95. The molecule has 6 heteroatoms. The van der Waals surface area contributed by atoms with Crippen molar-refractivity contribution >= 4 is 39.3 Å². The normalized spacial score (nSPS) is 28.8. The van der Waals surface area contributed by atoms with Gasteiger partial charge in [-0.3, -0.25) is 19.3 Å². The molecule has 5 nitrogen and oxygen atoms in total. The van der Waals surface area contributed by atoms with Gasteiger partial charge in [-0.2, -0.15) is 0 Å². The fourth-order valence-electron chi connectivity index (χ4n) is 4.53. The molecule has 1 aromatic rings. The van der Waals surface area contributed by atoms with Crippen LogP contribution in [-0.4, -0.2) is 29.2 Å². The van der Waals surface area contributed by atoms with Crippen molar-refractivity contribution in [2.75, 3.05) is 11.9 Å². The molecule has 4 rings (SSSR count). The minimum Gasteiger partial charge on any atom is -0.326 e. The number of likely N-dealkylation sites (tertiary alicyclic amines) is 1. The topological polar surface area (TPSA) is 66.5 Å². The first kappa shape index (κ1) is 17.5. The molecule has 2 aliphatic carbocycles. The Morgan fingerprint density at radius 1 is 1.12 bits per heavy atom. The van der Waals surface area contributed by atoms with Crippen LogP contribution in [0.15, 0.2) is 28.8 Å². The molecule has 4 atom stereocenters. The van der Waals surface area contributed by atoms with Crippen molar-refractivity contribution in [1.29, 1.82) is 0 Å². The van der Waals surface area contributed by atoms with E-state index in [0.29, 0.717) is 0 Å². The van der Waals surface area contributed by atoms with Gasteiger partial charge >= 0.3 is 0 Å². The summed E-state index contributed by atoms with van der Waals surface area (Å²) < 4.78 is 0.996. The number of hydrogen-bond donors (Lipinski definition) is 1. The second kappa shape index (κ2) is 6.34. The molecule has 0 aromatic heterocycles. The highest BCUT2D eigenvalue weighted by Gasteiger charge is 2.58. The highest BCUT2D eigenvalue weighted by Crippen LogP contribution is 2.52. The summed E-state index contributed by atoms with van der Waals surface area (Å²) in [6.07, 6.45) is 5.19. The van der Waals surface area contributed by atoms with Crippen LogP contribution in [0.2, 0.25) is 0 Å². The Kier molecular flexibility index (Phi) is 4.26. The van der Waals surface area contributed by atoms with Crippen LogP contribution in [0.25, 0.3) is 0 Å². The lowest BCUT2D eigenvalue weighted by Gasteiger charge is -2.17. The number of imide groups is 1. The zero-order valence-corrected chi connectivity index (χ0v) is 16.4. The minimum absolute atomic E-state index is 0.0969. The zero-order chi connectivity index (χ0) is 18.6. The van der Waals surface area contributed by atoms with E-state index in [2.05, 4.69) is 33.4 Å². The van der Waals surface area contributed by atoms with E-state index in [1.807, 2.05) is 26.0 Å². The monoisotopic (exact) mass is 416 g/mol. The van der Waals surface area contributed by atoms with Gasteiger partial charge in [0.1, 0.15) is 0 Å². The smallest absolute Gasteiger partial charge is 0.233 e. The summed E-state index contributed by atoms with van der Waals surface area (Å²) >= 11 is 3.47. The number of halogens is 1. The van der Waals surface area contributed by atoms with Crippen molar-refractivity contribution in [3.05, 3.63) is 39.9 Å². The number of carbonyl (C=O) groups is 3. The SMILES string of the molecule is Cc1cc(NC(=O)CCN2C(=O)C3C4C=CC(C4)C3C2=O)c(C)cc1Br. The molecule has 2 fully saturated rings. The van der Waals surface area contributed by atoms with Crippen LogP contribution in [0.1, 0.15) is 24.0 Å². The third kappa shape index (κ3) is 2.71. The molecule has 1 N–H and O–H groups in total. The number of carbonyl (C=O) groups excluding carboxylic acids is 3. The van der Waals surface area contributed by atoms with Crippen molar-refractivity contribution in [3.8, 4) is 0 Å². The Balaban J connectivity index is 1.39. The number of nitrogens with one attached hydrogen (secondary N) is 1. The lowest BCUT2D eigenvalue weighted by molar-refractivity contribution is -0.140. The molecule has 0 radical (unpaired) electrons. The van der Waals surface area contributed by atoms with Crippen molar-refractivity contribution in [2.24, 2.45) is 23.7 Å². The average molecular weight is 417 g/mol. The predicted octanol–water partition coefficient (Wildman–Crippen LogP) is 3.20. The molecule has 1 saturated heterocycles. The van der Waals surface area contributed by atoms with Crippen LogP contribution in [0, 0.1) is 37.5 Å². The predicted molar refractivity (Wildman–Crippen MR) is 101 cm³/mol. The van der Waals surface area contributed by atoms with Gasteiger partial charge < -0.3 is 5.32 Å². The summed E-state index contributed by atoms with van der Waals surface area (Å²) in [5.41, 5.74) is 2.75. The van der Waals surface area contributed by atoms with E-state index >= 15 is 0 Å². The lowest BCUT2D eigenvalue weighted by Crippen LogP contribution is -2.35. The van der Waals surface area contributed by atoms with E-state index in [9.17, 15) is 14.4 Å². The Bertz CT molecular complexity index is 818. The third-order valence-electron chi connectivity index (χ3n) is 5.90. The third-order valence-corrected chi connectivity index (χ3v) is 6.76. The number of aryl methyl sites for hydroxylation is 2. The van der Waals surface area contributed by atoms with E-state index in [4.69, 9.17) is 0 Å². The standard InChI is InChI=1S/C20H21BrN2O3/c1-10-8-15(11(2)7-14(10)21)22-16(24)5-6-23-19(25)17-12-3-4-13(9-12)18(17)20(23)26/h3-4,7-8,12-13,17-18H,5-6,9H2,1-2H3,(H,22,24). The minimum atomic E-state index is -0.197. The highest BCUT2D eigenvalue weighted by molar-refractivity contribution is 9.10. The largest absolute Gasteiger partial charge is 0.326 e.